The molecular formula is C4H2BrClF3NO. The first-order valence-corrected chi connectivity index (χ1v) is 2.98. The summed E-state index contributed by atoms with van der Waals surface area (Å²) in [6, 6.07) is 0. The smallest absolute Gasteiger partial charge is 0.426 e. The molecule has 0 aliphatic carbocycles. The summed E-state index contributed by atoms with van der Waals surface area (Å²) in [4.78, 5) is 3.05. The van der Waals surface area contributed by atoms with Crippen LogP contribution in [0.1, 0.15) is 5.76 Å². The molecule has 11 heavy (non-hydrogen) atoms. The molecular weight excluding hydrogens is 250 g/mol. The highest BCUT2D eigenvalue weighted by molar-refractivity contribution is 9.10. The fourth-order valence-corrected chi connectivity index (χ4v) is 0.661. The molecule has 0 aliphatic rings. The Morgan fingerprint density at radius 1 is 1.45 bits per heavy atom. The molecule has 1 aromatic rings. The number of hydrogen-bond acceptors (Lipinski definition) is 2. The lowest BCUT2D eigenvalue weighted by atomic mass is 10.5. The first-order valence-electron chi connectivity index (χ1n) is 2.18. The third-order valence-electron chi connectivity index (χ3n) is 0.757. The van der Waals surface area contributed by atoms with Crippen LogP contribution in [0.3, 0.4) is 0 Å². The predicted molar refractivity (Wildman–Crippen MR) is 36.5 cm³/mol. The van der Waals surface area contributed by atoms with Gasteiger partial charge in [-0.25, -0.2) is 4.98 Å². The van der Waals surface area contributed by atoms with Gasteiger partial charge in [-0.05, 0) is 0 Å². The van der Waals surface area contributed by atoms with E-state index in [4.69, 9.17) is 0 Å². The van der Waals surface area contributed by atoms with E-state index in [0.29, 0.717) is 6.20 Å². The van der Waals surface area contributed by atoms with E-state index in [-0.39, 0.29) is 17.2 Å². The Hall–Kier alpha value is -0.230. The van der Waals surface area contributed by atoms with Crippen LogP contribution in [-0.4, -0.2) is 4.98 Å². The summed E-state index contributed by atoms with van der Waals surface area (Å²) in [5.41, 5.74) is 0. The Balaban J connectivity index is 0.000001000. The molecule has 0 radical (unpaired) electrons. The predicted octanol–water partition coefficient (Wildman–Crippen LogP) is 2.88. The van der Waals surface area contributed by atoms with Gasteiger partial charge in [-0.2, -0.15) is 13.2 Å². The highest BCUT2D eigenvalue weighted by Crippen LogP contribution is 2.30. The van der Waals surface area contributed by atoms with Gasteiger partial charge in [-0.15, -0.1) is 12.4 Å². The Bertz CT molecular complexity index is 235. The van der Waals surface area contributed by atoms with Crippen LogP contribution in [0.2, 0.25) is 0 Å². The lowest BCUT2D eigenvalue weighted by molar-refractivity contribution is -0.153. The van der Waals surface area contributed by atoms with E-state index in [2.05, 4.69) is 25.3 Å². The van der Waals surface area contributed by atoms with E-state index in [9.17, 15) is 13.2 Å². The van der Waals surface area contributed by atoms with Crippen molar-refractivity contribution < 1.29 is 17.6 Å². The van der Waals surface area contributed by atoms with E-state index in [1.807, 2.05) is 0 Å². The summed E-state index contributed by atoms with van der Waals surface area (Å²) in [5, 5.41) is 0. The van der Waals surface area contributed by atoms with E-state index in [1.54, 1.807) is 0 Å². The van der Waals surface area contributed by atoms with Crippen molar-refractivity contribution in [2.45, 2.75) is 6.18 Å². The van der Waals surface area contributed by atoms with Crippen LogP contribution in [0.5, 0.6) is 0 Å². The van der Waals surface area contributed by atoms with Crippen molar-refractivity contribution >= 4 is 28.3 Å². The van der Waals surface area contributed by atoms with Crippen LogP contribution in [0, 0.1) is 0 Å². The second-order valence-corrected chi connectivity index (χ2v) is 2.15. The Kier molecular flexibility index (Phi) is 3.37. The Morgan fingerprint density at radius 3 is 2.18 bits per heavy atom. The number of oxazole rings is 1. The molecule has 0 fully saturated rings. The lowest BCUT2D eigenvalue weighted by Crippen LogP contribution is -2.01. The second kappa shape index (κ2) is 3.44. The van der Waals surface area contributed by atoms with Crippen molar-refractivity contribution in [1.82, 2.24) is 4.98 Å². The third-order valence-corrected chi connectivity index (χ3v) is 1.12. The normalized spacial score (nSPS) is 10.9. The zero-order valence-electron chi connectivity index (χ0n) is 4.85. The van der Waals surface area contributed by atoms with Gasteiger partial charge in [0.15, 0.2) is 0 Å². The molecule has 7 heteroatoms. The molecule has 0 bridgehead atoms. The van der Waals surface area contributed by atoms with Gasteiger partial charge < -0.3 is 4.42 Å². The van der Waals surface area contributed by atoms with Gasteiger partial charge in [0.2, 0.25) is 5.76 Å². The van der Waals surface area contributed by atoms with Gasteiger partial charge in [0.25, 0.3) is 4.80 Å². The minimum Gasteiger partial charge on any atom is -0.426 e. The molecule has 0 spiro atoms. The van der Waals surface area contributed by atoms with Crippen molar-refractivity contribution in [1.29, 1.82) is 0 Å². The maximum absolute atomic E-state index is 11.6. The summed E-state index contributed by atoms with van der Waals surface area (Å²) >= 11 is 2.65. The highest BCUT2D eigenvalue weighted by atomic mass is 79.9. The SMILES string of the molecule is Cl.FC(F)(F)c1cnc(Br)o1. The van der Waals surface area contributed by atoms with Gasteiger partial charge in [-0.1, -0.05) is 0 Å². The van der Waals surface area contributed by atoms with Crippen LogP contribution >= 0.6 is 28.3 Å². The maximum atomic E-state index is 11.6. The molecule has 0 unspecified atom stereocenters. The van der Waals surface area contributed by atoms with Crippen molar-refractivity contribution in [2.75, 3.05) is 0 Å². The molecule has 1 aromatic heterocycles. The maximum Gasteiger partial charge on any atom is 0.451 e. The first kappa shape index (κ1) is 10.8. The van der Waals surface area contributed by atoms with Gasteiger partial charge in [0.05, 0.1) is 6.20 Å². The number of hydrogen-bond donors (Lipinski definition) is 0. The molecule has 0 saturated carbocycles. The Labute approximate surface area is 74.3 Å². The third kappa shape index (κ3) is 2.70. The number of halogens is 5. The van der Waals surface area contributed by atoms with E-state index >= 15 is 0 Å². The lowest BCUT2D eigenvalue weighted by Gasteiger charge is -1.97. The molecule has 0 amide bonds. The van der Waals surface area contributed by atoms with Gasteiger partial charge >= 0.3 is 6.18 Å². The molecule has 2 nitrogen and oxygen atoms in total. The van der Waals surface area contributed by atoms with Crippen LogP contribution in [0.15, 0.2) is 15.4 Å². The summed E-state index contributed by atoms with van der Waals surface area (Å²) in [7, 11) is 0. The van der Waals surface area contributed by atoms with Crippen LogP contribution in [0.4, 0.5) is 13.2 Å². The number of nitrogens with zero attached hydrogens (tertiary/aromatic N) is 1. The minimum absolute atomic E-state index is 0. The first-order chi connectivity index (χ1) is 4.50. The van der Waals surface area contributed by atoms with Crippen molar-refractivity contribution in [3.8, 4) is 0 Å². The van der Waals surface area contributed by atoms with Crippen LogP contribution in [0.25, 0.3) is 0 Å². The van der Waals surface area contributed by atoms with Gasteiger partial charge in [-0.3, -0.25) is 0 Å². The molecule has 0 saturated heterocycles. The monoisotopic (exact) mass is 251 g/mol. The molecule has 0 aromatic carbocycles. The molecule has 0 N–H and O–H groups in total. The van der Waals surface area contributed by atoms with Crippen molar-refractivity contribution in [2.24, 2.45) is 0 Å². The van der Waals surface area contributed by atoms with Gasteiger partial charge in [0, 0.05) is 15.9 Å². The summed E-state index contributed by atoms with van der Waals surface area (Å²) < 4.78 is 39.1. The zero-order valence-corrected chi connectivity index (χ0v) is 7.26. The average molecular weight is 252 g/mol. The molecule has 0 aliphatic heterocycles. The number of alkyl halides is 3. The quantitative estimate of drug-likeness (QED) is 0.709. The summed E-state index contributed by atoms with van der Waals surface area (Å²) in [5.74, 6) is -1.10. The highest BCUT2D eigenvalue weighted by Gasteiger charge is 2.35. The molecule has 0 atom stereocenters. The molecule has 1 rings (SSSR count). The topological polar surface area (TPSA) is 26.0 Å². The number of aromatic nitrogens is 1. The van der Waals surface area contributed by atoms with Crippen LogP contribution in [-0.2, 0) is 6.18 Å². The largest absolute Gasteiger partial charge is 0.451 e. The minimum atomic E-state index is -4.45. The van der Waals surface area contributed by atoms with Crippen molar-refractivity contribution in [3.63, 3.8) is 0 Å². The van der Waals surface area contributed by atoms with Gasteiger partial charge in [0.1, 0.15) is 0 Å². The summed E-state index contributed by atoms with van der Waals surface area (Å²) in [6.07, 6.45) is -3.83. The van der Waals surface area contributed by atoms with E-state index in [0.717, 1.165) is 0 Å². The fraction of sp³-hybridized carbons (Fsp3) is 0.250. The molecule has 1 heterocycles. The number of rotatable bonds is 0. The van der Waals surface area contributed by atoms with E-state index in [1.165, 1.54) is 0 Å². The summed E-state index contributed by atoms with van der Waals surface area (Å²) in [6.45, 7) is 0. The molecule has 64 valence electrons. The second-order valence-electron chi connectivity index (χ2n) is 1.48. The average Bonchev–Trinajstić information content (AvgIpc) is 2.11. The standard InChI is InChI=1S/C4HBrF3NO.ClH/c5-3-9-1-2(10-3)4(6,7)8;/h1H;1H. The van der Waals surface area contributed by atoms with E-state index < -0.39 is 11.9 Å². The van der Waals surface area contributed by atoms with Crippen molar-refractivity contribution in [3.05, 3.63) is 16.8 Å². The zero-order chi connectivity index (χ0) is 7.78. The van der Waals surface area contributed by atoms with Crippen LogP contribution < -0.4 is 0 Å². The fourth-order valence-electron chi connectivity index (χ4n) is 0.384. The Morgan fingerprint density at radius 2 is 2.00 bits per heavy atom.